The predicted octanol–water partition coefficient (Wildman–Crippen LogP) is 6.58. The second-order valence-corrected chi connectivity index (χ2v) is 10.5. The van der Waals surface area contributed by atoms with Crippen molar-refractivity contribution in [2.75, 3.05) is 18.1 Å². The average molecular weight is 508 g/mol. The standard InChI is InChI=1S/C32H33N3O3/c1-5-37-21-14-15-28(38-6-2)23(16-21)29-24(19-33)31(34)35(26-17-32(3,4)18-27(36)30(26)29)25-13-9-11-20-10-7-8-12-22(20)25/h7-16,29H,5-6,17-18,34H2,1-4H3. The Morgan fingerprint density at radius 1 is 1.03 bits per heavy atom. The molecule has 1 heterocycles. The molecule has 3 aromatic rings. The summed E-state index contributed by atoms with van der Waals surface area (Å²) in [5.74, 6) is 0.985. The highest BCUT2D eigenvalue weighted by Gasteiger charge is 2.45. The van der Waals surface area contributed by atoms with Crippen molar-refractivity contribution in [1.29, 1.82) is 5.26 Å². The van der Waals surface area contributed by atoms with E-state index in [0.29, 0.717) is 54.5 Å². The highest BCUT2D eigenvalue weighted by Crippen LogP contribution is 2.52. The Morgan fingerprint density at radius 3 is 2.50 bits per heavy atom. The largest absolute Gasteiger partial charge is 0.494 e. The molecule has 38 heavy (non-hydrogen) atoms. The van der Waals surface area contributed by atoms with Gasteiger partial charge < -0.3 is 15.2 Å². The number of ether oxygens (including phenoxy) is 2. The van der Waals surface area contributed by atoms with E-state index in [1.54, 1.807) is 0 Å². The topological polar surface area (TPSA) is 88.6 Å². The zero-order valence-electron chi connectivity index (χ0n) is 22.4. The molecule has 0 amide bonds. The molecular weight excluding hydrogens is 474 g/mol. The molecular formula is C32H33N3O3. The maximum atomic E-state index is 14.0. The van der Waals surface area contributed by atoms with Gasteiger partial charge in [-0.1, -0.05) is 50.2 Å². The number of hydrogen-bond donors (Lipinski definition) is 1. The molecule has 0 bridgehead atoms. The monoisotopic (exact) mass is 507 g/mol. The van der Waals surface area contributed by atoms with Gasteiger partial charge in [0.05, 0.1) is 36.5 Å². The van der Waals surface area contributed by atoms with Crippen LogP contribution in [0.5, 0.6) is 11.5 Å². The van der Waals surface area contributed by atoms with E-state index in [1.165, 1.54) is 0 Å². The minimum atomic E-state index is -0.646. The molecule has 0 saturated heterocycles. The van der Waals surface area contributed by atoms with Crippen LogP contribution in [0.4, 0.5) is 5.69 Å². The van der Waals surface area contributed by atoms with Gasteiger partial charge in [-0.05, 0) is 55.3 Å². The molecule has 0 fully saturated rings. The lowest BCUT2D eigenvalue weighted by Crippen LogP contribution is -2.42. The predicted molar refractivity (Wildman–Crippen MR) is 150 cm³/mol. The number of nitriles is 1. The zero-order valence-corrected chi connectivity index (χ0v) is 22.4. The third-order valence-electron chi connectivity index (χ3n) is 7.29. The summed E-state index contributed by atoms with van der Waals surface area (Å²) in [5, 5.41) is 12.6. The number of carbonyl (C=O) groups excluding carboxylic acids is 1. The van der Waals surface area contributed by atoms with E-state index in [9.17, 15) is 10.1 Å². The van der Waals surface area contributed by atoms with Gasteiger partial charge in [0.1, 0.15) is 17.3 Å². The van der Waals surface area contributed by atoms with E-state index in [-0.39, 0.29) is 11.2 Å². The fourth-order valence-electron chi connectivity index (χ4n) is 5.79. The van der Waals surface area contributed by atoms with Crippen molar-refractivity contribution in [2.24, 2.45) is 11.1 Å². The van der Waals surface area contributed by atoms with Crippen molar-refractivity contribution < 1.29 is 14.3 Å². The van der Waals surface area contributed by atoms with Crippen LogP contribution in [-0.2, 0) is 4.79 Å². The summed E-state index contributed by atoms with van der Waals surface area (Å²) in [6.45, 7) is 8.99. The van der Waals surface area contributed by atoms with Crippen molar-refractivity contribution in [3.05, 3.63) is 88.9 Å². The van der Waals surface area contributed by atoms with Crippen LogP contribution in [0.25, 0.3) is 10.8 Å². The van der Waals surface area contributed by atoms with Gasteiger partial charge in [-0.3, -0.25) is 9.69 Å². The van der Waals surface area contributed by atoms with Crippen molar-refractivity contribution in [3.8, 4) is 17.6 Å². The van der Waals surface area contributed by atoms with Gasteiger partial charge in [0.2, 0.25) is 0 Å². The molecule has 1 atom stereocenters. The number of hydrogen-bond acceptors (Lipinski definition) is 6. The Balaban J connectivity index is 1.82. The van der Waals surface area contributed by atoms with Gasteiger partial charge in [0.25, 0.3) is 0 Å². The van der Waals surface area contributed by atoms with Crippen LogP contribution < -0.4 is 20.1 Å². The highest BCUT2D eigenvalue weighted by molar-refractivity contribution is 6.03. The van der Waals surface area contributed by atoms with Crippen molar-refractivity contribution in [1.82, 2.24) is 0 Å². The number of nitrogens with zero attached hydrogens (tertiary/aromatic N) is 2. The van der Waals surface area contributed by atoms with Crippen LogP contribution >= 0.6 is 0 Å². The first-order valence-corrected chi connectivity index (χ1v) is 13.1. The van der Waals surface area contributed by atoms with E-state index < -0.39 is 5.92 Å². The summed E-state index contributed by atoms with van der Waals surface area (Å²) in [7, 11) is 0. The first kappa shape index (κ1) is 25.4. The number of fused-ring (bicyclic) bond motifs is 1. The van der Waals surface area contributed by atoms with Gasteiger partial charge in [0.15, 0.2) is 5.78 Å². The van der Waals surface area contributed by atoms with Crippen molar-refractivity contribution in [3.63, 3.8) is 0 Å². The molecule has 0 saturated carbocycles. The second-order valence-electron chi connectivity index (χ2n) is 10.5. The molecule has 1 aliphatic carbocycles. The average Bonchev–Trinajstić information content (AvgIpc) is 2.88. The number of Topliss-reactive ketones (excluding diaryl/α,β-unsaturated/α-hetero) is 1. The molecule has 0 aromatic heterocycles. The molecule has 0 spiro atoms. The summed E-state index contributed by atoms with van der Waals surface area (Å²) in [5.41, 5.74) is 10.0. The molecule has 6 heteroatoms. The maximum Gasteiger partial charge on any atom is 0.162 e. The lowest BCUT2D eigenvalue weighted by molar-refractivity contribution is -0.118. The maximum absolute atomic E-state index is 14.0. The lowest BCUT2D eigenvalue weighted by Gasteiger charge is -2.44. The van der Waals surface area contributed by atoms with Crippen molar-refractivity contribution >= 4 is 22.2 Å². The van der Waals surface area contributed by atoms with E-state index in [4.69, 9.17) is 15.2 Å². The van der Waals surface area contributed by atoms with Crippen LogP contribution in [-0.4, -0.2) is 19.0 Å². The molecule has 3 aromatic carbocycles. The van der Waals surface area contributed by atoms with E-state index >= 15 is 0 Å². The number of carbonyl (C=O) groups is 1. The van der Waals surface area contributed by atoms with Crippen LogP contribution in [0.2, 0.25) is 0 Å². The molecule has 1 aliphatic heterocycles. The number of ketones is 1. The van der Waals surface area contributed by atoms with Gasteiger partial charge in [-0.25, -0.2) is 0 Å². The third-order valence-corrected chi connectivity index (χ3v) is 7.29. The molecule has 0 radical (unpaired) electrons. The molecule has 1 unspecified atom stereocenters. The van der Waals surface area contributed by atoms with Crippen LogP contribution in [0.3, 0.4) is 0 Å². The quantitative estimate of drug-likeness (QED) is 0.405. The zero-order chi connectivity index (χ0) is 27.0. The minimum absolute atomic E-state index is 0.0241. The molecule has 2 N–H and O–H groups in total. The molecule has 6 nitrogen and oxygen atoms in total. The van der Waals surface area contributed by atoms with E-state index in [2.05, 4.69) is 32.0 Å². The van der Waals surface area contributed by atoms with E-state index in [0.717, 1.165) is 27.7 Å². The summed E-state index contributed by atoms with van der Waals surface area (Å²) in [6, 6.07) is 22.1. The molecule has 194 valence electrons. The Morgan fingerprint density at radius 2 is 1.76 bits per heavy atom. The Labute approximate surface area is 223 Å². The number of anilines is 1. The van der Waals surface area contributed by atoms with Crippen LogP contribution in [0.15, 0.2) is 83.3 Å². The third kappa shape index (κ3) is 4.28. The van der Waals surface area contributed by atoms with Crippen molar-refractivity contribution in [2.45, 2.75) is 46.5 Å². The lowest BCUT2D eigenvalue weighted by atomic mass is 9.68. The molecule has 2 aliphatic rings. The summed E-state index contributed by atoms with van der Waals surface area (Å²) >= 11 is 0. The number of nitrogens with two attached hydrogens (primary N) is 1. The van der Waals surface area contributed by atoms with Gasteiger partial charge >= 0.3 is 0 Å². The number of benzene rings is 3. The minimum Gasteiger partial charge on any atom is -0.494 e. The fraction of sp³-hybridized carbons (Fsp3) is 0.312. The Kier molecular flexibility index (Phi) is 6.62. The number of allylic oxidation sites excluding steroid dienone is 3. The van der Waals surface area contributed by atoms with Gasteiger partial charge in [0, 0.05) is 28.6 Å². The molecule has 5 rings (SSSR count). The van der Waals surface area contributed by atoms with Crippen LogP contribution in [0.1, 0.15) is 52.0 Å². The number of rotatable bonds is 6. The SMILES string of the molecule is CCOc1ccc(OCC)c(C2C(C#N)=C(N)N(c3cccc4ccccc34)C3=C2C(=O)CC(C)(C)C3)c1. The summed E-state index contributed by atoms with van der Waals surface area (Å²) in [4.78, 5) is 15.9. The smallest absolute Gasteiger partial charge is 0.162 e. The Hall–Kier alpha value is -4.24. The van der Waals surface area contributed by atoms with Gasteiger partial charge in [-0.15, -0.1) is 0 Å². The normalized spacial score (nSPS) is 18.9. The van der Waals surface area contributed by atoms with Crippen LogP contribution in [0, 0.1) is 16.7 Å². The van der Waals surface area contributed by atoms with Gasteiger partial charge in [-0.2, -0.15) is 5.26 Å². The second kappa shape index (κ2) is 9.90. The van der Waals surface area contributed by atoms with E-state index in [1.807, 2.05) is 67.3 Å². The Bertz CT molecular complexity index is 1520. The highest BCUT2D eigenvalue weighted by atomic mass is 16.5. The first-order valence-electron chi connectivity index (χ1n) is 13.1. The first-order chi connectivity index (χ1) is 18.3. The summed E-state index contributed by atoms with van der Waals surface area (Å²) in [6.07, 6.45) is 1.03. The summed E-state index contributed by atoms with van der Waals surface area (Å²) < 4.78 is 11.8. The fourth-order valence-corrected chi connectivity index (χ4v) is 5.79.